The molecule has 168 valence electrons. The number of fused-ring (bicyclic) bond motifs is 2. The van der Waals surface area contributed by atoms with E-state index in [-0.39, 0.29) is 11.8 Å². The Bertz CT molecular complexity index is 1190. The number of nitrogens with zero attached hydrogens (tertiary/aromatic N) is 1. The van der Waals surface area contributed by atoms with E-state index in [0.29, 0.717) is 47.6 Å². The molecular weight excluding hydrogens is 414 g/mol. The summed E-state index contributed by atoms with van der Waals surface area (Å²) in [5, 5.41) is 6.31. The lowest BCUT2D eigenvalue weighted by Crippen LogP contribution is -2.42. The van der Waals surface area contributed by atoms with Crippen LogP contribution in [0.4, 0.5) is 5.69 Å². The summed E-state index contributed by atoms with van der Waals surface area (Å²) in [7, 11) is 4.90. The lowest BCUT2D eigenvalue weighted by Gasteiger charge is -2.19. The molecule has 9 nitrogen and oxygen atoms in total. The average molecular weight is 439 g/mol. The van der Waals surface area contributed by atoms with E-state index in [4.69, 9.17) is 18.9 Å². The number of benzene rings is 2. The summed E-state index contributed by atoms with van der Waals surface area (Å²) in [5.74, 6) is 1.69. The molecule has 4 rings (SSSR count). The van der Waals surface area contributed by atoms with Gasteiger partial charge in [0.15, 0.2) is 11.5 Å². The molecule has 0 spiro atoms. The van der Waals surface area contributed by atoms with Crippen molar-refractivity contribution in [1.29, 1.82) is 0 Å². The van der Waals surface area contributed by atoms with Crippen molar-refractivity contribution >= 4 is 28.4 Å². The number of rotatable bonds is 6. The van der Waals surface area contributed by atoms with Gasteiger partial charge in [0.1, 0.15) is 36.4 Å². The fraction of sp³-hybridized carbons (Fsp3) is 0.304. The SMILES string of the molecule is COc1cc(OC)c2cc(C(=O)N[C@H](C)C(=O)Nc3ccc4c(c3)OCCO4)n(C)c2c1. The van der Waals surface area contributed by atoms with Gasteiger partial charge >= 0.3 is 0 Å². The Labute approximate surface area is 185 Å². The number of anilines is 1. The minimum Gasteiger partial charge on any atom is -0.497 e. The monoisotopic (exact) mass is 439 g/mol. The van der Waals surface area contributed by atoms with Crippen LogP contribution in [0.1, 0.15) is 17.4 Å². The fourth-order valence-electron chi connectivity index (χ4n) is 3.59. The second-order valence-electron chi connectivity index (χ2n) is 7.39. The van der Waals surface area contributed by atoms with Crippen LogP contribution >= 0.6 is 0 Å². The van der Waals surface area contributed by atoms with Gasteiger partial charge in [0.05, 0.1) is 19.7 Å². The maximum absolute atomic E-state index is 12.9. The molecule has 0 radical (unpaired) electrons. The van der Waals surface area contributed by atoms with E-state index in [1.807, 2.05) is 6.07 Å². The number of aryl methyl sites for hydroxylation is 1. The molecule has 1 aliphatic heterocycles. The first-order valence-electron chi connectivity index (χ1n) is 10.1. The average Bonchev–Trinajstić information content (AvgIpc) is 3.14. The minimum absolute atomic E-state index is 0.354. The van der Waals surface area contributed by atoms with Gasteiger partial charge in [0.25, 0.3) is 5.91 Å². The van der Waals surface area contributed by atoms with Gasteiger partial charge in [-0.3, -0.25) is 9.59 Å². The predicted molar refractivity (Wildman–Crippen MR) is 119 cm³/mol. The van der Waals surface area contributed by atoms with Crippen LogP contribution < -0.4 is 29.6 Å². The van der Waals surface area contributed by atoms with E-state index in [2.05, 4.69) is 10.6 Å². The predicted octanol–water partition coefficient (Wildman–Crippen LogP) is 2.72. The molecule has 3 aromatic rings. The van der Waals surface area contributed by atoms with Gasteiger partial charge in [-0.1, -0.05) is 0 Å². The second-order valence-corrected chi connectivity index (χ2v) is 7.39. The minimum atomic E-state index is -0.773. The van der Waals surface area contributed by atoms with Crippen LogP contribution in [0.5, 0.6) is 23.0 Å². The number of aromatic nitrogens is 1. The van der Waals surface area contributed by atoms with Crippen LogP contribution in [-0.4, -0.2) is 49.9 Å². The number of ether oxygens (including phenoxy) is 4. The lowest BCUT2D eigenvalue weighted by atomic mass is 10.2. The first kappa shape index (κ1) is 21.4. The molecule has 2 aromatic carbocycles. The largest absolute Gasteiger partial charge is 0.497 e. The molecule has 0 bridgehead atoms. The molecule has 0 unspecified atom stereocenters. The van der Waals surface area contributed by atoms with Gasteiger partial charge in [-0.25, -0.2) is 0 Å². The Morgan fingerprint density at radius 2 is 1.78 bits per heavy atom. The molecule has 0 fully saturated rings. The molecule has 9 heteroatoms. The zero-order valence-corrected chi connectivity index (χ0v) is 18.4. The summed E-state index contributed by atoms with van der Waals surface area (Å²) >= 11 is 0. The summed E-state index contributed by atoms with van der Waals surface area (Å²) in [6.07, 6.45) is 0. The zero-order valence-electron chi connectivity index (χ0n) is 18.4. The van der Waals surface area contributed by atoms with E-state index in [0.717, 1.165) is 10.9 Å². The molecule has 1 atom stereocenters. The maximum Gasteiger partial charge on any atom is 0.268 e. The Morgan fingerprint density at radius 1 is 1.03 bits per heavy atom. The highest BCUT2D eigenvalue weighted by molar-refractivity contribution is 6.04. The molecular formula is C23H25N3O6. The number of methoxy groups -OCH3 is 2. The summed E-state index contributed by atoms with van der Waals surface area (Å²) < 4.78 is 23.5. The maximum atomic E-state index is 12.9. The Morgan fingerprint density at radius 3 is 2.50 bits per heavy atom. The molecule has 0 saturated carbocycles. The van der Waals surface area contributed by atoms with Crippen molar-refractivity contribution in [2.24, 2.45) is 7.05 Å². The van der Waals surface area contributed by atoms with Crippen LogP contribution in [0.25, 0.3) is 10.9 Å². The third-order valence-corrected chi connectivity index (χ3v) is 5.34. The fourth-order valence-corrected chi connectivity index (χ4v) is 3.59. The number of hydrogen-bond acceptors (Lipinski definition) is 6. The highest BCUT2D eigenvalue weighted by atomic mass is 16.6. The summed E-state index contributed by atoms with van der Waals surface area (Å²) in [6, 6.07) is 9.71. The van der Waals surface area contributed by atoms with Crippen molar-refractivity contribution < 1.29 is 28.5 Å². The zero-order chi connectivity index (χ0) is 22.8. The van der Waals surface area contributed by atoms with Crippen molar-refractivity contribution in [1.82, 2.24) is 9.88 Å². The summed E-state index contributed by atoms with van der Waals surface area (Å²) in [5.41, 5.74) is 1.73. The third kappa shape index (κ3) is 4.01. The van der Waals surface area contributed by atoms with E-state index in [1.165, 1.54) is 0 Å². The third-order valence-electron chi connectivity index (χ3n) is 5.34. The van der Waals surface area contributed by atoms with E-state index in [9.17, 15) is 9.59 Å². The highest BCUT2D eigenvalue weighted by Gasteiger charge is 2.22. The van der Waals surface area contributed by atoms with Crippen LogP contribution in [0.3, 0.4) is 0 Å². The molecule has 2 amide bonds. The standard InChI is InChI=1S/C23H25N3O6/c1-13(22(27)25-14-5-6-19-21(9-14)32-8-7-31-19)24-23(28)18-12-16-17(26(18)2)10-15(29-3)11-20(16)30-4/h5-6,9-13H,7-8H2,1-4H3,(H,24,28)(H,25,27)/t13-/m1/s1. The van der Waals surface area contributed by atoms with Crippen LogP contribution in [0.2, 0.25) is 0 Å². The van der Waals surface area contributed by atoms with Gasteiger partial charge in [-0.05, 0) is 25.1 Å². The number of nitrogens with one attached hydrogen (secondary N) is 2. The van der Waals surface area contributed by atoms with Gasteiger partial charge in [-0.2, -0.15) is 0 Å². The van der Waals surface area contributed by atoms with Gasteiger partial charge in [0, 0.05) is 36.3 Å². The highest BCUT2D eigenvalue weighted by Crippen LogP contribution is 2.34. The van der Waals surface area contributed by atoms with Crippen LogP contribution in [-0.2, 0) is 11.8 Å². The van der Waals surface area contributed by atoms with Gasteiger partial charge < -0.3 is 34.1 Å². The quantitative estimate of drug-likeness (QED) is 0.613. The van der Waals surface area contributed by atoms with E-state index in [1.54, 1.807) is 63.1 Å². The van der Waals surface area contributed by atoms with Gasteiger partial charge in [-0.15, -0.1) is 0 Å². The number of carbonyl (C=O) groups excluding carboxylic acids is 2. The molecule has 2 heterocycles. The number of carbonyl (C=O) groups is 2. The Balaban J connectivity index is 1.49. The molecule has 0 aliphatic carbocycles. The van der Waals surface area contributed by atoms with Crippen molar-refractivity contribution in [3.63, 3.8) is 0 Å². The van der Waals surface area contributed by atoms with Crippen LogP contribution in [0.15, 0.2) is 36.4 Å². The van der Waals surface area contributed by atoms with E-state index >= 15 is 0 Å². The van der Waals surface area contributed by atoms with Crippen molar-refractivity contribution in [2.45, 2.75) is 13.0 Å². The molecule has 1 aromatic heterocycles. The summed E-state index contributed by atoms with van der Waals surface area (Å²) in [6.45, 7) is 2.57. The molecule has 0 saturated heterocycles. The first-order chi connectivity index (χ1) is 15.4. The van der Waals surface area contributed by atoms with E-state index < -0.39 is 6.04 Å². The Kier molecular flexibility index (Phi) is 5.81. The Hall–Kier alpha value is -3.88. The first-order valence-corrected chi connectivity index (χ1v) is 10.1. The molecule has 1 aliphatic rings. The second kappa shape index (κ2) is 8.70. The summed E-state index contributed by atoms with van der Waals surface area (Å²) in [4.78, 5) is 25.6. The normalized spacial score (nSPS) is 13.4. The molecule has 32 heavy (non-hydrogen) atoms. The molecule has 2 N–H and O–H groups in total. The topological polar surface area (TPSA) is 100 Å². The lowest BCUT2D eigenvalue weighted by molar-refractivity contribution is -0.117. The van der Waals surface area contributed by atoms with Gasteiger partial charge in [0.2, 0.25) is 5.91 Å². The number of amides is 2. The number of hydrogen-bond donors (Lipinski definition) is 2. The van der Waals surface area contributed by atoms with Crippen molar-refractivity contribution in [3.05, 3.63) is 42.1 Å². The van der Waals surface area contributed by atoms with Crippen molar-refractivity contribution in [3.8, 4) is 23.0 Å². The smallest absolute Gasteiger partial charge is 0.268 e. The van der Waals surface area contributed by atoms with Crippen LogP contribution in [0, 0.1) is 0 Å². The van der Waals surface area contributed by atoms with Crippen molar-refractivity contribution in [2.75, 3.05) is 32.8 Å².